The third-order valence-corrected chi connectivity index (χ3v) is 3.22. The van der Waals surface area contributed by atoms with E-state index in [1.54, 1.807) is 6.07 Å². The first kappa shape index (κ1) is 11.8. The zero-order valence-corrected chi connectivity index (χ0v) is 10.3. The zero-order valence-electron chi connectivity index (χ0n) is 9.47. The monoisotopic (exact) mass is 251 g/mol. The Morgan fingerprint density at radius 2 is 2.41 bits per heavy atom. The Labute approximate surface area is 102 Å². The summed E-state index contributed by atoms with van der Waals surface area (Å²) in [5.74, 6) is -0.0511. The first-order valence-corrected chi connectivity index (χ1v) is 6.29. The highest BCUT2D eigenvalue weighted by atomic mass is 32.1. The predicted octanol–water partition coefficient (Wildman–Crippen LogP) is 0.984. The second-order valence-electron chi connectivity index (χ2n) is 3.59. The molecule has 0 aliphatic carbocycles. The number of nitrogens with zero attached hydrogens (tertiary/aromatic N) is 2. The Bertz CT molecular complexity index is 588. The van der Waals surface area contributed by atoms with Gasteiger partial charge in [0, 0.05) is 19.5 Å². The van der Waals surface area contributed by atoms with Crippen LogP contribution in [0.2, 0.25) is 0 Å². The number of nitrogens with one attached hydrogen (secondary N) is 1. The molecule has 17 heavy (non-hydrogen) atoms. The van der Waals surface area contributed by atoms with E-state index >= 15 is 0 Å². The van der Waals surface area contributed by atoms with Gasteiger partial charge in [-0.2, -0.15) is 0 Å². The molecule has 1 N–H and O–H groups in total. The van der Waals surface area contributed by atoms with E-state index in [1.807, 2.05) is 12.3 Å². The lowest BCUT2D eigenvalue weighted by Crippen LogP contribution is -2.27. The molecule has 0 aromatic carbocycles. The second kappa shape index (κ2) is 5.09. The molecule has 2 aromatic heterocycles. The van der Waals surface area contributed by atoms with Gasteiger partial charge in [-0.25, -0.2) is 4.98 Å². The van der Waals surface area contributed by atoms with Crippen LogP contribution in [0.1, 0.15) is 13.3 Å². The lowest BCUT2D eigenvalue weighted by atomic mass is 10.3. The maximum atomic E-state index is 12.0. The lowest BCUT2D eigenvalue weighted by Gasteiger charge is -2.05. The van der Waals surface area contributed by atoms with Crippen molar-refractivity contribution in [3.63, 3.8) is 0 Å². The van der Waals surface area contributed by atoms with Crippen LogP contribution in [0.25, 0.3) is 10.2 Å². The number of thiophene rings is 1. The first-order chi connectivity index (χ1) is 8.22. The van der Waals surface area contributed by atoms with Crippen LogP contribution in [0.5, 0.6) is 0 Å². The number of carbonyl (C=O) groups is 1. The van der Waals surface area contributed by atoms with Gasteiger partial charge in [-0.05, 0) is 18.4 Å². The van der Waals surface area contributed by atoms with Crippen molar-refractivity contribution in [3.05, 3.63) is 28.1 Å². The van der Waals surface area contributed by atoms with Gasteiger partial charge in [0.1, 0.15) is 4.83 Å². The molecule has 0 unspecified atom stereocenters. The number of rotatable bonds is 4. The minimum atomic E-state index is -0.0828. The molecule has 0 bridgehead atoms. The molecule has 0 radical (unpaired) electrons. The maximum Gasteiger partial charge on any atom is 0.262 e. The fourth-order valence-electron chi connectivity index (χ4n) is 1.56. The van der Waals surface area contributed by atoms with Crippen LogP contribution >= 0.6 is 11.3 Å². The molecular weight excluding hydrogens is 238 g/mol. The van der Waals surface area contributed by atoms with Crippen molar-refractivity contribution in [2.75, 3.05) is 6.54 Å². The molecule has 2 heterocycles. The SMILES string of the molecule is CCNC(=O)CCn1cnc2sccc2c1=O. The highest BCUT2D eigenvalue weighted by Gasteiger charge is 2.06. The third kappa shape index (κ3) is 2.52. The standard InChI is InChI=1S/C11H13N3O2S/c1-2-12-9(15)3-5-14-7-13-10-8(11(14)16)4-6-17-10/h4,6-7H,2-3,5H2,1H3,(H,12,15). The predicted molar refractivity (Wildman–Crippen MR) is 67.2 cm³/mol. The molecule has 0 aliphatic heterocycles. The quantitative estimate of drug-likeness (QED) is 0.881. The first-order valence-electron chi connectivity index (χ1n) is 5.41. The van der Waals surface area contributed by atoms with Crippen LogP contribution in [0.3, 0.4) is 0 Å². The molecule has 6 heteroatoms. The number of hydrogen-bond donors (Lipinski definition) is 1. The summed E-state index contributed by atoms with van der Waals surface area (Å²) in [6, 6.07) is 1.76. The van der Waals surface area contributed by atoms with Crippen molar-refractivity contribution in [2.24, 2.45) is 0 Å². The summed E-state index contributed by atoms with van der Waals surface area (Å²) in [5, 5.41) is 5.15. The van der Waals surface area contributed by atoms with Gasteiger partial charge in [-0.3, -0.25) is 14.2 Å². The van der Waals surface area contributed by atoms with E-state index in [0.29, 0.717) is 24.9 Å². The van der Waals surface area contributed by atoms with E-state index in [9.17, 15) is 9.59 Å². The van der Waals surface area contributed by atoms with E-state index in [0.717, 1.165) is 4.83 Å². The Balaban J connectivity index is 2.16. The molecule has 0 atom stereocenters. The highest BCUT2D eigenvalue weighted by molar-refractivity contribution is 7.16. The Morgan fingerprint density at radius 1 is 1.59 bits per heavy atom. The number of aryl methyl sites for hydroxylation is 1. The fraction of sp³-hybridized carbons (Fsp3) is 0.364. The van der Waals surface area contributed by atoms with Gasteiger partial charge in [0.15, 0.2) is 0 Å². The van der Waals surface area contributed by atoms with Crippen LogP contribution in [0, 0.1) is 0 Å². The van der Waals surface area contributed by atoms with E-state index in [2.05, 4.69) is 10.3 Å². The van der Waals surface area contributed by atoms with Gasteiger partial charge in [0.2, 0.25) is 5.91 Å². The zero-order chi connectivity index (χ0) is 12.3. The fourth-order valence-corrected chi connectivity index (χ4v) is 2.28. The van der Waals surface area contributed by atoms with Gasteiger partial charge in [-0.15, -0.1) is 11.3 Å². The number of hydrogen-bond acceptors (Lipinski definition) is 4. The number of carbonyl (C=O) groups excluding carboxylic acids is 1. The summed E-state index contributed by atoms with van der Waals surface area (Å²) in [6.07, 6.45) is 1.80. The maximum absolute atomic E-state index is 12.0. The molecule has 2 rings (SSSR count). The lowest BCUT2D eigenvalue weighted by molar-refractivity contribution is -0.121. The van der Waals surface area contributed by atoms with Crippen molar-refractivity contribution in [2.45, 2.75) is 19.9 Å². The van der Waals surface area contributed by atoms with Crippen molar-refractivity contribution in [1.82, 2.24) is 14.9 Å². The van der Waals surface area contributed by atoms with Crippen LogP contribution in [-0.4, -0.2) is 22.0 Å². The molecule has 0 fully saturated rings. The highest BCUT2D eigenvalue weighted by Crippen LogP contribution is 2.13. The van der Waals surface area contributed by atoms with E-state index < -0.39 is 0 Å². The van der Waals surface area contributed by atoms with E-state index in [1.165, 1.54) is 22.2 Å². The molecule has 2 aromatic rings. The van der Waals surface area contributed by atoms with Gasteiger partial charge in [0.05, 0.1) is 11.7 Å². The summed E-state index contributed by atoms with van der Waals surface area (Å²) in [5.41, 5.74) is -0.0828. The molecule has 90 valence electrons. The van der Waals surface area contributed by atoms with Crippen LogP contribution in [0.4, 0.5) is 0 Å². The van der Waals surface area contributed by atoms with Gasteiger partial charge >= 0.3 is 0 Å². The third-order valence-electron chi connectivity index (χ3n) is 2.40. The topological polar surface area (TPSA) is 64.0 Å². The van der Waals surface area contributed by atoms with Gasteiger partial charge in [0.25, 0.3) is 5.56 Å². The smallest absolute Gasteiger partial charge is 0.262 e. The molecule has 1 amide bonds. The number of fused-ring (bicyclic) bond motifs is 1. The minimum Gasteiger partial charge on any atom is -0.356 e. The van der Waals surface area contributed by atoms with Crippen LogP contribution < -0.4 is 10.9 Å². The average molecular weight is 251 g/mol. The molecular formula is C11H13N3O2S. The average Bonchev–Trinajstić information content (AvgIpc) is 2.77. The van der Waals surface area contributed by atoms with Crippen molar-refractivity contribution >= 4 is 27.5 Å². The Kier molecular flexibility index (Phi) is 3.53. The largest absolute Gasteiger partial charge is 0.356 e. The van der Waals surface area contributed by atoms with E-state index in [-0.39, 0.29) is 11.5 Å². The summed E-state index contributed by atoms with van der Waals surface area (Å²) in [7, 11) is 0. The Morgan fingerprint density at radius 3 is 3.18 bits per heavy atom. The minimum absolute atomic E-state index is 0.0511. The number of amides is 1. The van der Waals surface area contributed by atoms with Crippen molar-refractivity contribution in [3.8, 4) is 0 Å². The van der Waals surface area contributed by atoms with Crippen molar-refractivity contribution < 1.29 is 4.79 Å². The molecule has 0 spiro atoms. The molecule has 0 aliphatic rings. The van der Waals surface area contributed by atoms with Gasteiger partial charge < -0.3 is 5.32 Å². The Hall–Kier alpha value is -1.69. The second-order valence-corrected chi connectivity index (χ2v) is 4.48. The summed E-state index contributed by atoms with van der Waals surface area (Å²) in [6.45, 7) is 2.84. The molecule has 0 saturated carbocycles. The van der Waals surface area contributed by atoms with Crippen LogP contribution in [-0.2, 0) is 11.3 Å². The summed E-state index contributed by atoms with van der Waals surface area (Å²) >= 11 is 1.44. The van der Waals surface area contributed by atoms with Crippen molar-refractivity contribution in [1.29, 1.82) is 0 Å². The van der Waals surface area contributed by atoms with Crippen LogP contribution in [0.15, 0.2) is 22.6 Å². The molecule has 5 nitrogen and oxygen atoms in total. The summed E-state index contributed by atoms with van der Waals surface area (Å²) in [4.78, 5) is 28.2. The molecule has 0 saturated heterocycles. The number of aromatic nitrogens is 2. The normalized spacial score (nSPS) is 10.6. The summed E-state index contributed by atoms with van der Waals surface area (Å²) < 4.78 is 1.48. The van der Waals surface area contributed by atoms with E-state index in [4.69, 9.17) is 0 Å². The van der Waals surface area contributed by atoms with Gasteiger partial charge in [-0.1, -0.05) is 0 Å².